The first-order chi connectivity index (χ1) is 31.1. The fraction of sp³-hybridized carbons (Fsp3) is 0.280. The zero-order valence-electron chi connectivity index (χ0n) is 35.1. The molecular weight excluding hydrogens is 809 g/mol. The van der Waals surface area contributed by atoms with Gasteiger partial charge in [0.1, 0.15) is 23.7 Å². The van der Waals surface area contributed by atoms with Crippen LogP contribution in [0.4, 0.5) is 9.59 Å². The first-order valence-electron chi connectivity index (χ1n) is 21.6. The molecule has 8 atom stereocenters. The van der Waals surface area contributed by atoms with Crippen molar-refractivity contribution in [3.63, 3.8) is 0 Å². The predicted molar refractivity (Wildman–Crippen MR) is 238 cm³/mol. The van der Waals surface area contributed by atoms with Gasteiger partial charge in [-0.2, -0.15) is 0 Å². The normalized spacial score (nSPS) is 22.6. The van der Waals surface area contributed by atoms with Crippen molar-refractivity contribution in [2.45, 2.75) is 61.9 Å². The monoisotopic (exact) mass is 852 g/mol. The number of ether oxygens (including phenoxy) is 1. The third-order valence-corrected chi connectivity index (χ3v) is 13.6. The van der Waals surface area contributed by atoms with Gasteiger partial charge in [0.25, 0.3) is 11.8 Å². The highest BCUT2D eigenvalue weighted by Crippen LogP contribution is 2.55. The number of benzene rings is 5. The molecule has 2 aromatic heterocycles. The van der Waals surface area contributed by atoms with Crippen LogP contribution in [0, 0.1) is 23.7 Å². The number of methoxy groups -OCH3 is 1. The van der Waals surface area contributed by atoms with E-state index < -0.39 is 24.3 Å². The summed E-state index contributed by atoms with van der Waals surface area (Å²) in [6, 6.07) is 32.0. The third kappa shape index (κ3) is 6.84. The van der Waals surface area contributed by atoms with Gasteiger partial charge in [-0.25, -0.2) is 19.6 Å². The molecule has 64 heavy (non-hydrogen) atoms. The quantitative estimate of drug-likeness (QED) is 0.112. The number of alkyl carbamates (subject to hydrolysis) is 1. The van der Waals surface area contributed by atoms with Crippen LogP contribution in [0.25, 0.3) is 32.8 Å². The molecule has 4 N–H and O–H groups in total. The molecule has 0 bridgehead atoms. The van der Waals surface area contributed by atoms with E-state index in [1.165, 1.54) is 14.2 Å². The summed E-state index contributed by atoms with van der Waals surface area (Å²) in [6.45, 7) is 0. The van der Waals surface area contributed by atoms with Crippen LogP contribution < -0.4 is 5.32 Å². The maximum Gasteiger partial charge on any atom is 0.407 e. The molecule has 0 radical (unpaired) electrons. The van der Waals surface area contributed by atoms with Crippen molar-refractivity contribution in [1.82, 2.24) is 40.0 Å². The summed E-state index contributed by atoms with van der Waals surface area (Å²) < 4.78 is 4.88. The van der Waals surface area contributed by atoms with Gasteiger partial charge >= 0.3 is 12.2 Å². The second-order valence-electron chi connectivity index (χ2n) is 17.4. The van der Waals surface area contributed by atoms with Crippen LogP contribution in [0.15, 0.2) is 109 Å². The van der Waals surface area contributed by atoms with E-state index in [1.54, 1.807) is 12.1 Å². The summed E-state index contributed by atoms with van der Waals surface area (Å²) >= 11 is 0. The standard InChI is InChI=1S/C50H44N8O6/c1-56(50(62)63)44(30-11-7-4-8-12-30)48(60)58-39-24-33(39)26-41(58)46-52-36-20-17-31-21-27(15-18-34(31)43(36)54-46)13-14-28-16-19-35-37(22-28)53-45(51-35)40-25-32-23-38(32)57(40)47(59)42(55-49(61)64-2)29-9-5-3-6-10-29/h3-12,15-22,32-33,38-42,44H,23-26H2,1-2H3,(H,51,53)(H,52,54)(H,55,61)(H,62,63)/t32-,33+,38+,39+,40-,41-,42+,44+/m0/s1. The number of rotatable bonds is 8. The van der Waals surface area contributed by atoms with Crippen molar-refractivity contribution in [2.24, 2.45) is 11.8 Å². The van der Waals surface area contributed by atoms with E-state index in [1.807, 2.05) is 101 Å². The highest BCUT2D eigenvalue weighted by Gasteiger charge is 2.57. The van der Waals surface area contributed by atoms with Gasteiger partial charge in [0.05, 0.1) is 41.3 Å². The van der Waals surface area contributed by atoms with Gasteiger partial charge in [0.2, 0.25) is 0 Å². The number of imidazole rings is 2. The molecule has 0 unspecified atom stereocenters. The molecule has 5 aromatic carbocycles. The maximum absolute atomic E-state index is 14.3. The van der Waals surface area contributed by atoms with Crippen molar-refractivity contribution in [2.75, 3.05) is 14.2 Å². The number of carbonyl (C=O) groups is 4. The Morgan fingerprint density at radius 2 is 1.34 bits per heavy atom. The molecule has 0 spiro atoms. The number of likely N-dealkylation sites (tertiary alicyclic amines) is 2. The van der Waals surface area contributed by atoms with E-state index in [9.17, 15) is 24.3 Å². The van der Waals surface area contributed by atoms with Crippen LogP contribution in [0.2, 0.25) is 0 Å². The van der Waals surface area contributed by atoms with Crippen LogP contribution in [-0.4, -0.2) is 90.0 Å². The Hall–Kier alpha value is -7.66. The van der Waals surface area contributed by atoms with Crippen LogP contribution in [-0.2, 0) is 14.3 Å². The molecule has 4 amide bonds. The maximum atomic E-state index is 14.3. The summed E-state index contributed by atoms with van der Waals surface area (Å²) in [5.41, 5.74) is 6.21. The Labute approximate surface area is 367 Å². The average Bonchev–Trinajstić information content (AvgIpc) is 3.97. The summed E-state index contributed by atoms with van der Waals surface area (Å²) in [4.78, 5) is 74.9. The summed E-state index contributed by atoms with van der Waals surface area (Å²) in [5, 5.41) is 14.7. The molecule has 4 aliphatic rings. The molecule has 2 aliphatic heterocycles. The van der Waals surface area contributed by atoms with E-state index in [2.05, 4.69) is 33.2 Å². The number of piperidine rings is 2. The number of hydrogen-bond acceptors (Lipinski definition) is 7. The number of aromatic nitrogens is 4. The Kier molecular flexibility index (Phi) is 9.37. The van der Waals surface area contributed by atoms with E-state index in [4.69, 9.17) is 14.7 Å². The zero-order chi connectivity index (χ0) is 43.8. The van der Waals surface area contributed by atoms with Crippen LogP contribution in [0.5, 0.6) is 0 Å². The highest BCUT2D eigenvalue weighted by molar-refractivity contribution is 6.04. The van der Waals surface area contributed by atoms with E-state index in [0.29, 0.717) is 34.6 Å². The van der Waals surface area contributed by atoms with E-state index >= 15 is 0 Å². The number of likely N-dealkylation sites (N-methyl/N-ethyl adjacent to an activating group) is 1. The van der Waals surface area contributed by atoms with Gasteiger partial charge in [-0.05, 0) is 90.4 Å². The molecule has 2 saturated carbocycles. The minimum absolute atomic E-state index is 0.0584. The number of H-pyrrole nitrogens is 2. The van der Waals surface area contributed by atoms with Gasteiger partial charge < -0.3 is 34.9 Å². The lowest BCUT2D eigenvalue weighted by Crippen LogP contribution is -2.44. The number of nitrogens with zero attached hydrogens (tertiary/aromatic N) is 5. The SMILES string of the molecule is COC(=O)N[C@@H](C(=O)N1[C@@H]2C[C@H]2C[C@H]1c1nc2cc(C#Cc3ccc4c(ccc5nc([C@@H]6C[C@H]7C[C@H]7N6C(=O)[C@@H](c6ccccc6)N(C)C(=O)O)[nH]c54)c3)ccc2[nH]1)c1ccccc1. The summed E-state index contributed by atoms with van der Waals surface area (Å²) in [6.07, 6.45) is 1.55. The van der Waals surface area contributed by atoms with Gasteiger partial charge in [0, 0.05) is 35.6 Å². The van der Waals surface area contributed by atoms with Crippen LogP contribution in [0.1, 0.15) is 83.8 Å². The first kappa shape index (κ1) is 39.2. The highest BCUT2D eigenvalue weighted by atomic mass is 16.5. The molecule has 2 aliphatic carbocycles. The minimum atomic E-state index is -1.16. The van der Waals surface area contributed by atoms with Crippen molar-refractivity contribution in [3.05, 3.63) is 143 Å². The number of amides is 4. The Morgan fingerprint density at radius 1 is 0.734 bits per heavy atom. The molecule has 14 heteroatoms. The third-order valence-electron chi connectivity index (χ3n) is 13.6. The molecule has 7 aromatic rings. The molecule has 320 valence electrons. The van der Waals surface area contributed by atoms with E-state index in [-0.39, 0.29) is 36.0 Å². The Morgan fingerprint density at radius 3 is 2.02 bits per heavy atom. The van der Waals surface area contributed by atoms with Gasteiger partial charge in [-0.15, -0.1) is 0 Å². The predicted octanol–water partition coefficient (Wildman–Crippen LogP) is 7.76. The topological polar surface area (TPSA) is 177 Å². The fourth-order valence-electron chi connectivity index (χ4n) is 10.2. The molecule has 11 rings (SSSR count). The number of carbonyl (C=O) groups excluding carboxylic acids is 3. The molecule has 4 heterocycles. The summed E-state index contributed by atoms with van der Waals surface area (Å²) in [7, 11) is 2.73. The zero-order valence-corrected chi connectivity index (χ0v) is 35.1. The lowest BCUT2D eigenvalue weighted by Gasteiger charge is -2.33. The largest absolute Gasteiger partial charge is 0.465 e. The second kappa shape index (κ2) is 15.3. The smallest absolute Gasteiger partial charge is 0.407 e. The number of carboxylic acid groups (broad SMARTS) is 1. The average molecular weight is 853 g/mol. The minimum Gasteiger partial charge on any atom is -0.465 e. The number of fused-ring (bicyclic) bond motifs is 6. The molecular formula is C50H44N8O6. The fourth-order valence-corrected chi connectivity index (χ4v) is 10.2. The van der Waals surface area contributed by atoms with Crippen molar-refractivity contribution >= 4 is 56.8 Å². The second-order valence-corrected chi connectivity index (χ2v) is 17.4. The van der Waals surface area contributed by atoms with Gasteiger partial charge in [0.15, 0.2) is 0 Å². The van der Waals surface area contributed by atoms with Gasteiger partial charge in [-0.1, -0.05) is 84.6 Å². The molecule has 2 saturated heterocycles. The summed E-state index contributed by atoms with van der Waals surface area (Å²) in [5.74, 6) is 8.37. The van der Waals surface area contributed by atoms with Crippen LogP contribution in [0.3, 0.4) is 0 Å². The van der Waals surface area contributed by atoms with E-state index in [0.717, 1.165) is 74.5 Å². The Bertz CT molecular complexity index is 3080. The molecule has 14 nitrogen and oxygen atoms in total. The first-order valence-corrected chi connectivity index (χ1v) is 21.6. The number of nitrogens with one attached hydrogen (secondary N) is 3. The molecule has 4 fully saturated rings. The van der Waals surface area contributed by atoms with Gasteiger partial charge in [-0.3, -0.25) is 14.5 Å². The van der Waals surface area contributed by atoms with Crippen molar-refractivity contribution < 1.29 is 29.0 Å². The Balaban J connectivity index is 0.832. The van der Waals surface area contributed by atoms with Crippen molar-refractivity contribution in [1.29, 1.82) is 0 Å². The van der Waals surface area contributed by atoms with Crippen molar-refractivity contribution in [3.8, 4) is 11.8 Å². The number of aromatic amines is 2. The van der Waals surface area contributed by atoms with Crippen LogP contribution >= 0.6 is 0 Å². The lowest BCUT2D eigenvalue weighted by atomic mass is 10.0. The lowest BCUT2D eigenvalue weighted by molar-refractivity contribution is -0.138. The number of hydrogen-bond donors (Lipinski definition) is 4.